The zero-order chi connectivity index (χ0) is 12.3. The number of carbonyl (C=O) groups is 1. The number of nitrogens with two attached hydrogens (primary N) is 1. The summed E-state index contributed by atoms with van der Waals surface area (Å²) >= 11 is 1.67. The summed E-state index contributed by atoms with van der Waals surface area (Å²) in [6, 6.07) is 3.90. The van der Waals surface area contributed by atoms with Gasteiger partial charge in [-0.15, -0.1) is 11.3 Å². The number of hydrogen-bond donors (Lipinski definition) is 1. The van der Waals surface area contributed by atoms with E-state index in [9.17, 15) is 4.79 Å². The number of nitrogens with zero attached hydrogens (tertiary/aromatic N) is 1. The molecule has 1 aliphatic rings. The van der Waals surface area contributed by atoms with Crippen LogP contribution in [0.1, 0.15) is 11.8 Å². The molecule has 0 aliphatic carbocycles. The Morgan fingerprint density at radius 1 is 1.65 bits per heavy atom. The van der Waals surface area contributed by atoms with Crippen LogP contribution >= 0.6 is 11.3 Å². The third-order valence-electron chi connectivity index (χ3n) is 3.06. The first-order chi connectivity index (χ1) is 8.22. The number of carbonyl (C=O) groups excluding carboxylic acids is 1. The van der Waals surface area contributed by atoms with Gasteiger partial charge in [-0.3, -0.25) is 4.79 Å². The monoisotopic (exact) mass is 254 g/mol. The molecule has 5 heteroatoms. The first-order valence-electron chi connectivity index (χ1n) is 5.87. The minimum absolute atomic E-state index is 0.117. The van der Waals surface area contributed by atoms with Crippen molar-refractivity contribution in [3.63, 3.8) is 0 Å². The van der Waals surface area contributed by atoms with Crippen LogP contribution in [-0.4, -0.2) is 36.6 Å². The lowest BCUT2D eigenvalue weighted by atomic mass is 10.0. The van der Waals surface area contributed by atoms with E-state index in [1.165, 1.54) is 4.88 Å². The van der Waals surface area contributed by atoms with Crippen LogP contribution in [0, 0.1) is 5.92 Å². The average Bonchev–Trinajstić information content (AvgIpc) is 2.96. The average molecular weight is 254 g/mol. The van der Waals surface area contributed by atoms with Crippen LogP contribution in [0.25, 0.3) is 0 Å². The molecule has 2 atom stereocenters. The van der Waals surface area contributed by atoms with E-state index in [-0.39, 0.29) is 17.9 Å². The minimum Gasteiger partial charge on any atom is -0.379 e. The Morgan fingerprint density at radius 2 is 2.47 bits per heavy atom. The Balaban J connectivity index is 2.00. The summed E-state index contributed by atoms with van der Waals surface area (Å²) in [4.78, 5) is 15.3. The normalized spacial score (nSPS) is 23.9. The van der Waals surface area contributed by atoms with E-state index in [0.717, 1.165) is 0 Å². The molecule has 1 fully saturated rings. The molecule has 4 nitrogen and oxygen atoms in total. The van der Waals surface area contributed by atoms with Crippen LogP contribution in [0.5, 0.6) is 0 Å². The molecule has 2 N–H and O–H groups in total. The number of hydrogen-bond acceptors (Lipinski definition) is 4. The predicted octanol–water partition coefficient (Wildman–Crippen LogP) is 1.07. The highest BCUT2D eigenvalue weighted by molar-refractivity contribution is 7.09. The van der Waals surface area contributed by atoms with Gasteiger partial charge in [-0.25, -0.2) is 0 Å². The van der Waals surface area contributed by atoms with E-state index >= 15 is 0 Å². The van der Waals surface area contributed by atoms with Crippen LogP contribution in [0.3, 0.4) is 0 Å². The molecule has 1 aromatic rings. The summed E-state index contributed by atoms with van der Waals surface area (Å²) in [7, 11) is 0. The van der Waals surface area contributed by atoms with Crippen molar-refractivity contribution in [3.05, 3.63) is 22.4 Å². The topological polar surface area (TPSA) is 55.6 Å². The van der Waals surface area contributed by atoms with Crippen LogP contribution in [0.15, 0.2) is 17.5 Å². The van der Waals surface area contributed by atoms with Crippen molar-refractivity contribution in [3.8, 4) is 0 Å². The maximum absolute atomic E-state index is 12.3. The van der Waals surface area contributed by atoms with Crippen molar-refractivity contribution in [1.29, 1.82) is 0 Å². The van der Waals surface area contributed by atoms with Crippen molar-refractivity contribution in [2.24, 2.45) is 11.7 Å². The van der Waals surface area contributed by atoms with Gasteiger partial charge in [0.25, 0.3) is 0 Å². The predicted molar refractivity (Wildman–Crippen MR) is 67.7 cm³/mol. The van der Waals surface area contributed by atoms with E-state index in [1.807, 2.05) is 29.3 Å². The maximum atomic E-state index is 12.3. The van der Waals surface area contributed by atoms with Crippen LogP contribution < -0.4 is 5.73 Å². The summed E-state index contributed by atoms with van der Waals surface area (Å²) in [6.45, 7) is 4.33. The second kappa shape index (κ2) is 5.62. The van der Waals surface area contributed by atoms with Crippen LogP contribution in [-0.2, 0) is 16.1 Å². The maximum Gasteiger partial charge on any atom is 0.229 e. The fourth-order valence-electron chi connectivity index (χ4n) is 2.00. The molecule has 0 saturated carbocycles. The lowest BCUT2D eigenvalue weighted by Crippen LogP contribution is -2.43. The second-order valence-corrected chi connectivity index (χ2v) is 5.27. The third kappa shape index (κ3) is 2.86. The van der Waals surface area contributed by atoms with Gasteiger partial charge in [-0.1, -0.05) is 6.07 Å². The Kier molecular flexibility index (Phi) is 4.15. The van der Waals surface area contributed by atoms with Crippen molar-refractivity contribution >= 4 is 17.2 Å². The molecule has 1 saturated heterocycles. The molecular weight excluding hydrogens is 236 g/mol. The zero-order valence-corrected chi connectivity index (χ0v) is 10.8. The van der Waals surface area contributed by atoms with E-state index in [0.29, 0.717) is 26.3 Å². The number of ether oxygens (including phenoxy) is 1. The smallest absolute Gasteiger partial charge is 0.229 e. The number of thiophene rings is 1. The molecule has 1 amide bonds. The highest BCUT2D eigenvalue weighted by atomic mass is 32.1. The van der Waals surface area contributed by atoms with Gasteiger partial charge in [-0.05, 0) is 18.4 Å². The second-order valence-electron chi connectivity index (χ2n) is 4.24. The molecule has 1 aliphatic heterocycles. The van der Waals surface area contributed by atoms with Crippen molar-refractivity contribution in [1.82, 2.24) is 4.90 Å². The zero-order valence-electron chi connectivity index (χ0n) is 9.96. The first-order valence-corrected chi connectivity index (χ1v) is 6.74. The standard InChI is InChI=1S/C12H18N2O2S/c1-2-14(6-9-4-3-5-17-9)12(15)10-7-16-8-11(10)13/h3-5,10-11H,2,6-8,13H2,1H3. The van der Waals surface area contributed by atoms with Gasteiger partial charge < -0.3 is 15.4 Å². The lowest BCUT2D eigenvalue weighted by Gasteiger charge is -2.24. The van der Waals surface area contributed by atoms with Gasteiger partial charge >= 0.3 is 0 Å². The first kappa shape index (κ1) is 12.5. The van der Waals surface area contributed by atoms with Crippen molar-refractivity contribution in [2.75, 3.05) is 19.8 Å². The minimum atomic E-state index is -0.171. The highest BCUT2D eigenvalue weighted by Crippen LogP contribution is 2.18. The number of rotatable bonds is 4. The van der Waals surface area contributed by atoms with E-state index in [1.54, 1.807) is 11.3 Å². The Bertz CT molecular complexity index is 367. The van der Waals surface area contributed by atoms with Gasteiger partial charge in [0, 0.05) is 17.5 Å². The molecule has 17 heavy (non-hydrogen) atoms. The largest absolute Gasteiger partial charge is 0.379 e. The molecule has 2 unspecified atom stereocenters. The molecule has 2 heterocycles. The summed E-state index contributed by atoms with van der Waals surface area (Å²) in [6.07, 6.45) is 0. The third-order valence-corrected chi connectivity index (χ3v) is 3.92. The summed E-state index contributed by atoms with van der Waals surface area (Å²) in [5, 5.41) is 2.03. The van der Waals surface area contributed by atoms with Gasteiger partial charge in [-0.2, -0.15) is 0 Å². The molecule has 94 valence electrons. The van der Waals surface area contributed by atoms with Gasteiger partial charge in [0.2, 0.25) is 5.91 Å². The van der Waals surface area contributed by atoms with Crippen LogP contribution in [0.2, 0.25) is 0 Å². The molecule has 1 aromatic heterocycles. The Morgan fingerprint density at radius 3 is 3.00 bits per heavy atom. The van der Waals surface area contributed by atoms with E-state index in [2.05, 4.69) is 0 Å². The van der Waals surface area contributed by atoms with Gasteiger partial charge in [0.05, 0.1) is 25.7 Å². The fraction of sp³-hybridized carbons (Fsp3) is 0.583. The molecule has 0 bridgehead atoms. The van der Waals surface area contributed by atoms with E-state index < -0.39 is 0 Å². The Labute approximate surface area is 105 Å². The summed E-state index contributed by atoms with van der Waals surface area (Å²) < 4.78 is 5.25. The van der Waals surface area contributed by atoms with Crippen molar-refractivity contribution in [2.45, 2.75) is 19.5 Å². The number of amides is 1. The van der Waals surface area contributed by atoms with E-state index in [4.69, 9.17) is 10.5 Å². The van der Waals surface area contributed by atoms with Crippen molar-refractivity contribution < 1.29 is 9.53 Å². The SMILES string of the molecule is CCN(Cc1cccs1)C(=O)C1COCC1N. The van der Waals surface area contributed by atoms with Crippen LogP contribution in [0.4, 0.5) is 0 Å². The summed E-state index contributed by atoms with van der Waals surface area (Å²) in [5.74, 6) is -0.0548. The molecule has 0 radical (unpaired) electrons. The molecule has 0 aromatic carbocycles. The van der Waals surface area contributed by atoms with Gasteiger partial charge in [0.15, 0.2) is 0 Å². The molecular formula is C12H18N2O2S. The quantitative estimate of drug-likeness (QED) is 0.874. The molecule has 0 spiro atoms. The molecule has 2 rings (SSSR count). The fourth-order valence-corrected chi connectivity index (χ4v) is 2.72. The summed E-state index contributed by atoms with van der Waals surface area (Å²) in [5.41, 5.74) is 5.88. The lowest BCUT2D eigenvalue weighted by molar-refractivity contribution is -0.136. The van der Waals surface area contributed by atoms with Gasteiger partial charge in [0.1, 0.15) is 0 Å². The highest BCUT2D eigenvalue weighted by Gasteiger charge is 2.33. The Hall–Kier alpha value is -0.910.